The van der Waals surface area contributed by atoms with Crippen LogP contribution in [0.3, 0.4) is 0 Å². The first kappa shape index (κ1) is 26.0. The fraction of sp³-hybridized carbons (Fsp3) is 0.296. The first-order valence-electron chi connectivity index (χ1n) is 12.5. The maximum Gasteiger partial charge on any atom is 0.316 e. The molecule has 0 aromatic heterocycles. The molecule has 12 heteroatoms. The zero-order valence-electron chi connectivity index (χ0n) is 20.9. The van der Waals surface area contributed by atoms with Crippen molar-refractivity contribution in [3.05, 3.63) is 94.9 Å². The van der Waals surface area contributed by atoms with Crippen LogP contribution in [0.15, 0.2) is 88.8 Å². The highest BCUT2D eigenvalue weighted by Crippen LogP contribution is 2.46. The molecule has 4 aliphatic rings. The number of fused-ring (bicyclic) bond motifs is 2. The van der Waals surface area contributed by atoms with E-state index >= 15 is 0 Å². The minimum Gasteiger partial charge on any atom is -0.452 e. The van der Waals surface area contributed by atoms with Crippen LogP contribution < -0.4 is 11.3 Å². The number of benzene rings is 2. The van der Waals surface area contributed by atoms with Gasteiger partial charge in [0, 0.05) is 24.3 Å². The van der Waals surface area contributed by atoms with Crippen molar-refractivity contribution in [3.63, 3.8) is 0 Å². The second-order valence-corrected chi connectivity index (χ2v) is 11.8. The lowest BCUT2D eigenvalue weighted by molar-refractivity contribution is -0.163. The minimum atomic E-state index is -0.973. The molecule has 2 aromatic rings. The highest BCUT2D eigenvalue weighted by atomic mass is 32.2. The summed E-state index contributed by atoms with van der Waals surface area (Å²) in [5.74, 6) is 0.953. The van der Waals surface area contributed by atoms with E-state index in [2.05, 4.69) is 10.5 Å². The Morgan fingerprint density at radius 2 is 1.90 bits per heavy atom. The topological polar surface area (TPSA) is 124 Å². The fourth-order valence-corrected chi connectivity index (χ4v) is 7.69. The molecule has 39 heavy (non-hydrogen) atoms. The number of hydrogen-bond donors (Lipinski definition) is 3. The van der Waals surface area contributed by atoms with Crippen molar-refractivity contribution in [1.82, 2.24) is 20.5 Å². The van der Waals surface area contributed by atoms with Gasteiger partial charge in [-0.2, -0.15) is 0 Å². The SMILES string of the molecule is NC1C(=O)N2CC(CSC3=CC=NC4=CN(CO)NN43)(C(=O)OC(c3ccccc3)c3ccccc3)CS[C@H]12. The molecule has 202 valence electrons. The summed E-state index contributed by atoms with van der Waals surface area (Å²) in [6.45, 7) is 0.0129. The summed E-state index contributed by atoms with van der Waals surface area (Å²) in [4.78, 5) is 32.9. The highest BCUT2D eigenvalue weighted by Gasteiger charge is 2.56. The zero-order chi connectivity index (χ0) is 27.0. The molecule has 10 nitrogen and oxygen atoms in total. The monoisotopic (exact) mass is 564 g/mol. The Morgan fingerprint density at radius 3 is 2.56 bits per heavy atom. The van der Waals surface area contributed by atoms with Gasteiger partial charge in [0.1, 0.15) is 23.6 Å². The van der Waals surface area contributed by atoms with Crippen molar-refractivity contribution in [3.8, 4) is 0 Å². The van der Waals surface area contributed by atoms with Gasteiger partial charge < -0.3 is 20.5 Å². The predicted molar refractivity (Wildman–Crippen MR) is 150 cm³/mol. The average molecular weight is 565 g/mol. The Morgan fingerprint density at radius 1 is 1.21 bits per heavy atom. The van der Waals surface area contributed by atoms with Gasteiger partial charge in [-0.25, -0.2) is 10.0 Å². The molecule has 1 amide bonds. The molecule has 4 N–H and O–H groups in total. The molecule has 3 atom stereocenters. The number of allylic oxidation sites excluding steroid dienone is 1. The van der Waals surface area contributed by atoms with Crippen LogP contribution in [0.5, 0.6) is 0 Å². The number of carbonyl (C=O) groups is 2. The van der Waals surface area contributed by atoms with Gasteiger partial charge >= 0.3 is 5.97 Å². The summed E-state index contributed by atoms with van der Waals surface area (Å²) < 4.78 is 6.33. The number of nitrogens with one attached hydrogen (secondary N) is 1. The number of rotatable bonds is 8. The summed E-state index contributed by atoms with van der Waals surface area (Å²) >= 11 is 3.00. The molecule has 0 spiro atoms. The van der Waals surface area contributed by atoms with Crippen molar-refractivity contribution in [2.24, 2.45) is 16.1 Å². The number of hydrazine groups is 2. The number of nitrogens with zero attached hydrogens (tertiary/aromatic N) is 4. The Balaban J connectivity index is 1.27. The van der Waals surface area contributed by atoms with Crippen molar-refractivity contribution in [2.45, 2.75) is 17.5 Å². The van der Waals surface area contributed by atoms with E-state index in [0.29, 0.717) is 17.3 Å². The van der Waals surface area contributed by atoms with Gasteiger partial charge in [0.05, 0.1) is 11.2 Å². The second kappa shape index (κ2) is 10.7. The van der Waals surface area contributed by atoms with E-state index in [1.165, 1.54) is 28.5 Å². The Bertz CT molecular complexity index is 1300. The third-order valence-corrected chi connectivity index (χ3v) is 9.99. The van der Waals surface area contributed by atoms with E-state index in [4.69, 9.17) is 10.5 Å². The highest BCUT2D eigenvalue weighted by molar-refractivity contribution is 8.03. The molecular formula is C27H28N6O4S2. The normalized spacial score (nSPS) is 25.6. The van der Waals surface area contributed by atoms with Gasteiger partial charge in [-0.1, -0.05) is 60.7 Å². The summed E-state index contributed by atoms with van der Waals surface area (Å²) in [5.41, 5.74) is 9.87. The summed E-state index contributed by atoms with van der Waals surface area (Å²) in [5, 5.41) is 13.5. The lowest BCUT2D eigenvalue weighted by Gasteiger charge is -2.53. The number of aliphatic imine (C=N–C) groups is 1. The van der Waals surface area contributed by atoms with E-state index < -0.39 is 17.6 Å². The number of nitrogens with two attached hydrogens (primary N) is 1. The molecule has 4 aliphatic heterocycles. The first-order valence-corrected chi connectivity index (χ1v) is 14.5. The molecule has 2 fully saturated rings. The Labute approximate surface area is 234 Å². The number of β-lactam (4-membered cyclic amide) rings is 1. The lowest BCUT2D eigenvalue weighted by atomic mass is 9.89. The third kappa shape index (κ3) is 4.83. The molecule has 4 heterocycles. The summed E-state index contributed by atoms with van der Waals surface area (Å²) in [7, 11) is 0. The van der Waals surface area contributed by atoms with Crippen LogP contribution in [-0.4, -0.2) is 74.3 Å². The van der Waals surface area contributed by atoms with Crippen LogP contribution in [0.1, 0.15) is 17.2 Å². The van der Waals surface area contributed by atoms with Crippen LogP contribution in [0, 0.1) is 5.41 Å². The van der Waals surface area contributed by atoms with E-state index in [-0.39, 0.29) is 30.5 Å². The molecule has 6 rings (SSSR count). The quantitative estimate of drug-likeness (QED) is 0.324. The number of esters is 1. The molecule has 0 bridgehead atoms. The number of amides is 1. The standard InChI is InChI=1S/C27H28N6O4S2/c28-22-24(35)32-14-27(16-39-25(22)32,15-38-21-11-12-29-20-13-31(17-34)30-33(20)21)26(36)37-23(18-7-3-1-4-8-18)19-9-5-2-6-10-19/h1-13,22-23,25,30,34H,14-17,28H2/t22?,25-,27?/m1/s1. The third-order valence-electron chi connectivity index (χ3n) is 7.07. The van der Waals surface area contributed by atoms with E-state index in [1.807, 2.05) is 66.7 Å². The van der Waals surface area contributed by atoms with E-state index in [1.54, 1.807) is 22.3 Å². The van der Waals surface area contributed by atoms with E-state index in [0.717, 1.165) is 16.2 Å². The molecular weight excluding hydrogens is 536 g/mol. The minimum absolute atomic E-state index is 0.128. The first-order chi connectivity index (χ1) is 19.0. The zero-order valence-corrected chi connectivity index (χ0v) is 22.6. The second-order valence-electron chi connectivity index (χ2n) is 9.69. The van der Waals surface area contributed by atoms with Gasteiger partial charge in [-0.3, -0.25) is 14.6 Å². The molecule has 2 unspecified atom stereocenters. The molecule has 0 radical (unpaired) electrons. The van der Waals surface area contributed by atoms with Crippen molar-refractivity contribution in [2.75, 3.05) is 24.8 Å². The van der Waals surface area contributed by atoms with Gasteiger partial charge in [-0.05, 0) is 17.2 Å². The van der Waals surface area contributed by atoms with Crippen LogP contribution in [0.25, 0.3) is 0 Å². The van der Waals surface area contributed by atoms with Crippen molar-refractivity contribution in [1.29, 1.82) is 0 Å². The molecule has 0 aliphatic carbocycles. The number of aliphatic hydroxyl groups excluding tert-OH is 1. The van der Waals surface area contributed by atoms with Crippen molar-refractivity contribution >= 4 is 41.6 Å². The summed E-state index contributed by atoms with van der Waals surface area (Å²) in [6, 6.07) is 18.8. The van der Waals surface area contributed by atoms with Crippen molar-refractivity contribution < 1.29 is 19.4 Å². The van der Waals surface area contributed by atoms with Crippen LogP contribution in [-0.2, 0) is 14.3 Å². The Kier molecular flexibility index (Phi) is 7.12. The molecule has 0 saturated carbocycles. The maximum atomic E-state index is 14.2. The maximum absolute atomic E-state index is 14.2. The predicted octanol–water partition coefficient (Wildman–Crippen LogP) is 1.99. The fourth-order valence-electron chi connectivity index (χ4n) is 4.92. The van der Waals surface area contributed by atoms with Crippen LogP contribution in [0.4, 0.5) is 0 Å². The largest absolute Gasteiger partial charge is 0.452 e. The lowest BCUT2D eigenvalue weighted by Crippen LogP contribution is -2.72. The Hall–Kier alpha value is -3.29. The number of aliphatic hydroxyl groups is 1. The van der Waals surface area contributed by atoms with Gasteiger partial charge in [0.15, 0.2) is 11.9 Å². The number of ether oxygens (including phenoxy) is 1. The van der Waals surface area contributed by atoms with E-state index in [9.17, 15) is 14.7 Å². The number of thioether (sulfide) groups is 2. The smallest absolute Gasteiger partial charge is 0.316 e. The van der Waals surface area contributed by atoms with Gasteiger partial charge in [-0.15, -0.1) is 29.1 Å². The number of carbonyl (C=O) groups excluding carboxylic acids is 2. The molecule has 2 aromatic carbocycles. The average Bonchev–Trinajstić information content (AvgIpc) is 3.43. The van der Waals surface area contributed by atoms with Crippen LogP contribution in [0.2, 0.25) is 0 Å². The summed E-state index contributed by atoms with van der Waals surface area (Å²) in [6.07, 6.45) is 4.63. The number of hydrogen-bond acceptors (Lipinski definition) is 11. The molecule has 2 saturated heterocycles. The van der Waals surface area contributed by atoms with Crippen LogP contribution >= 0.6 is 23.5 Å². The van der Waals surface area contributed by atoms with Gasteiger partial charge in [0.25, 0.3) is 0 Å². The van der Waals surface area contributed by atoms with Gasteiger partial charge in [0.2, 0.25) is 5.91 Å².